The van der Waals surface area contributed by atoms with Crippen molar-refractivity contribution in [3.8, 4) is 11.5 Å². The Morgan fingerprint density at radius 2 is 1.96 bits per heavy atom. The molecule has 25 heavy (non-hydrogen) atoms. The van der Waals surface area contributed by atoms with Gasteiger partial charge < -0.3 is 19.7 Å². The minimum Gasteiger partial charge on any atom is -0.486 e. The van der Waals surface area contributed by atoms with Crippen LogP contribution in [0.2, 0.25) is 5.02 Å². The van der Waals surface area contributed by atoms with E-state index < -0.39 is 0 Å². The molecule has 4 rings (SSSR count). The molecule has 1 N–H and O–H groups in total. The van der Waals surface area contributed by atoms with Gasteiger partial charge in [0.15, 0.2) is 11.5 Å². The van der Waals surface area contributed by atoms with E-state index in [2.05, 4.69) is 15.2 Å². The van der Waals surface area contributed by atoms with Crippen molar-refractivity contribution in [2.45, 2.75) is 12.8 Å². The molecule has 1 amide bonds. The molecule has 1 aromatic carbocycles. The summed E-state index contributed by atoms with van der Waals surface area (Å²) in [4.78, 5) is 19.2. The van der Waals surface area contributed by atoms with E-state index in [4.69, 9.17) is 21.1 Å². The number of fused-ring (bicyclic) bond motifs is 1. The second kappa shape index (κ2) is 6.80. The maximum absolute atomic E-state index is 12.5. The lowest BCUT2D eigenvalue weighted by Gasteiger charge is -2.20. The third-order valence-corrected chi connectivity index (χ3v) is 4.58. The fraction of sp³-hybridized carbons (Fsp3) is 0.333. The predicted octanol–water partition coefficient (Wildman–Crippen LogP) is 3.36. The molecule has 2 aliphatic rings. The summed E-state index contributed by atoms with van der Waals surface area (Å²) in [6.45, 7) is 2.96. The van der Waals surface area contributed by atoms with Crippen LogP contribution >= 0.6 is 11.6 Å². The number of rotatable bonds is 3. The van der Waals surface area contributed by atoms with E-state index >= 15 is 0 Å². The molecule has 0 spiro atoms. The van der Waals surface area contributed by atoms with Crippen molar-refractivity contribution < 1.29 is 14.3 Å². The maximum Gasteiger partial charge on any atom is 0.255 e. The summed E-state index contributed by atoms with van der Waals surface area (Å²) in [7, 11) is 0. The van der Waals surface area contributed by atoms with Crippen molar-refractivity contribution in [2.24, 2.45) is 0 Å². The van der Waals surface area contributed by atoms with Gasteiger partial charge in [-0.1, -0.05) is 11.6 Å². The minimum absolute atomic E-state index is 0.269. The van der Waals surface area contributed by atoms with Crippen LogP contribution in [0.3, 0.4) is 0 Å². The van der Waals surface area contributed by atoms with Gasteiger partial charge >= 0.3 is 0 Å². The Hall–Kier alpha value is -2.47. The highest BCUT2D eigenvalue weighted by atomic mass is 35.5. The second-order valence-corrected chi connectivity index (χ2v) is 6.44. The van der Waals surface area contributed by atoms with Gasteiger partial charge in [0.25, 0.3) is 5.91 Å². The number of benzene rings is 1. The second-order valence-electron chi connectivity index (χ2n) is 6.04. The maximum atomic E-state index is 12.5. The molecule has 2 aliphatic heterocycles. The zero-order valence-electron chi connectivity index (χ0n) is 13.6. The molecule has 0 aliphatic carbocycles. The van der Waals surface area contributed by atoms with Crippen LogP contribution in [-0.2, 0) is 0 Å². The third kappa shape index (κ3) is 3.35. The summed E-state index contributed by atoms with van der Waals surface area (Å²) in [5.74, 6) is 1.65. The standard InChI is InChI=1S/C18H18ClN3O3/c19-14-9-12(10-15-17(14)25-8-7-24-15)18(23)21-13-3-4-16(20-11-13)22-5-1-2-6-22/h3-4,9-11H,1-2,5-8H2,(H,21,23). The highest BCUT2D eigenvalue weighted by Gasteiger charge is 2.19. The lowest BCUT2D eigenvalue weighted by atomic mass is 10.1. The Labute approximate surface area is 150 Å². The van der Waals surface area contributed by atoms with Crippen LogP contribution < -0.4 is 19.7 Å². The molecule has 6 nitrogen and oxygen atoms in total. The summed E-state index contributed by atoms with van der Waals surface area (Å²) in [6.07, 6.45) is 4.07. The predicted molar refractivity (Wildman–Crippen MR) is 96.1 cm³/mol. The van der Waals surface area contributed by atoms with E-state index in [1.54, 1.807) is 18.3 Å². The van der Waals surface area contributed by atoms with E-state index in [1.165, 1.54) is 12.8 Å². The lowest BCUT2D eigenvalue weighted by molar-refractivity contribution is 0.102. The quantitative estimate of drug-likeness (QED) is 0.910. The number of nitrogens with one attached hydrogen (secondary N) is 1. The van der Waals surface area contributed by atoms with E-state index in [1.807, 2.05) is 12.1 Å². The number of amides is 1. The van der Waals surface area contributed by atoms with Crippen LogP contribution in [0, 0.1) is 0 Å². The topological polar surface area (TPSA) is 63.7 Å². The van der Waals surface area contributed by atoms with Gasteiger partial charge in [0.05, 0.1) is 16.9 Å². The van der Waals surface area contributed by atoms with Crippen molar-refractivity contribution in [1.29, 1.82) is 0 Å². The Kier molecular flexibility index (Phi) is 4.36. The van der Waals surface area contributed by atoms with Crippen LogP contribution in [-0.4, -0.2) is 37.2 Å². The molecule has 0 atom stereocenters. The van der Waals surface area contributed by atoms with Crippen molar-refractivity contribution in [2.75, 3.05) is 36.5 Å². The number of anilines is 2. The number of hydrogen-bond donors (Lipinski definition) is 1. The molecular formula is C18H18ClN3O3. The zero-order chi connectivity index (χ0) is 17.2. The molecular weight excluding hydrogens is 342 g/mol. The summed E-state index contributed by atoms with van der Waals surface area (Å²) in [5.41, 5.74) is 1.05. The smallest absolute Gasteiger partial charge is 0.255 e. The third-order valence-electron chi connectivity index (χ3n) is 4.29. The number of halogens is 1. The molecule has 130 valence electrons. The van der Waals surface area contributed by atoms with Crippen molar-refractivity contribution in [3.63, 3.8) is 0 Å². The van der Waals surface area contributed by atoms with Crippen molar-refractivity contribution in [1.82, 2.24) is 4.98 Å². The summed E-state index contributed by atoms with van der Waals surface area (Å²) in [5, 5.41) is 3.20. The van der Waals surface area contributed by atoms with E-state index in [9.17, 15) is 4.79 Å². The Morgan fingerprint density at radius 1 is 1.16 bits per heavy atom. The molecule has 7 heteroatoms. The monoisotopic (exact) mass is 359 g/mol. The van der Waals surface area contributed by atoms with Crippen molar-refractivity contribution in [3.05, 3.63) is 41.0 Å². The molecule has 1 fully saturated rings. The Morgan fingerprint density at radius 3 is 2.72 bits per heavy atom. The largest absolute Gasteiger partial charge is 0.486 e. The summed E-state index contributed by atoms with van der Waals surface area (Å²) < 4.78 is 11.0. The first-order chi connectivity index (χ1) is 12.2. The van der Waals surface area contributed by atoms with Crippen LogP contribution in [0.5, 0.6) is 11.5 Å². The fourth-order valence-corrected chi connectivity index (χ4v) is 3.30. The average Bonchev–Trinajstić information content (AvgIpc) is 3.17. The number of carbonyl (C=O) groups is 1. The number of aromatic nitrogens is 1. The first-order valence-electron chi connectivity index (χ1n) is 8.32. The summed E-state index contributed by atoms with van der Waals surface area (Å²) >= 11 is 6.18. The Balaban J connectivity index is 1.49. The number of pyridine rings is 1. The molecule has 0 radical (unpaired) electrons. The highest BCUT2D eigenvalue weighted by molar-refractivity contribution is 6.32. The van der Waals surface area contributed by atoms with Gasteiger partial charge in [-0.25, -0.2) is 4.98 Å². The van der Waals surface area contributed by atoms with Crippen molar-refractivity contribution >= 4 is 29.0 Å². The number of hydrogen-bond acceptors (Lipinski definition) is 5. The van der Waals surface area contributed by atoms with Gasteiger partial charge in [0, 0.05) is 18.7 Å². The number of nitrogens with zero attached hydrogens (tertiary/aromatic N) is 2. The average molecular weight is 360 g/mol. The number of ether oxygens (including phenoxy) is 2. The Bertz CT molecular complexity index is 789. The molecule has 0 saturated carbocycles. The van der Waals surface area contributed by atoms with E-state index in [0.29, 0.717) is 41.0 Å². The SMILES string of the molecule is O=C(Nc1ccc(N2CCCC2)nc1)c1cc(Cl)c2c(c1)OCCO2. The highest BCUT2D eigenvalue weighted by Crippen LogP contribution is 2.38. The number of carbonyl (C=O) groups excluding carboxylic acids is 1. The van der Waals surface area contributed by atoms with Gasteiger partial charge in [-0.2, -0.15) is 0 Å². The van der Waals surface area contributed by atoms with Gasteiger partial charge in [-0.05, 0) is 37.1 Å². The van der Waals surface area contributed by atoms with Crippen LogP contribution in [0.25, 0.3) is 0 Å². The molecule has 0 bridgehead atoms. The molecule has 2 aromatic rings. The first-order valence-corrected chi connectivity index (χ1v) is 8.70. The van der Waals surface area contributed by atoms with Gasteiger partial charge in [-0.15, -0.1) is 0 Å². The normalized spacial score (nSPS) is 16.0. The van der Waals surface area contributed by atoms with Gasteiger partial charge in [-0.3, -0.25) is 4.79 Å². The van der Waals surface area contributed by atoms with E-state index in [0.717, 1.165) is 18.9 Å². The fourth-order valence-electron chi connectivity index (χ4n) is 3.04. The molecule has 3 heterocycles. The lowest BCUT2D eigenvalue weighted by Crippen LogP contribution is -2.19. The summed E-state index contributed by atoms with van der Waals surface area (Å²) in [6, 6.07) is 7.01. The zero-order valence-corrected chi connectivity index (χ0v) is 14.4. The van der Waals surface area contributed by atoms with Gasteiger partial charge in [0.1, 0.15) is 19.0 Å². The minimum atomic E-state index is -0.269. The molecule has 1 saturated heterocycles. The molecule has 0 unspecified atom stereocenters. The van der Waals surface area contributed by atoms with Crippen LogP contribution in [0.15, 0.2) is 30.5 Å². The van der Waals surface area contributed by atoms with Crippen LogP contribution in [0.1, 0.15) is 23.2 Å². The molecule has 1 aromatic heterocycles. The first kappa shape index (κ1) is 16.0. The van der Waals surface area contributed by atoms with Crippen LogP contribution in [0.4, 0.5) is 11.5 Å². The van der Waals surface area contributed by atoms with Gasteiger partial charge in [0.2, 0.25) is 0 Å². The van der Waals surface area contributed by atoms with E-state index in [-0.39, 0.29) is 5.91 Å².